The summed E-state index contributed by atoms with van der Waals surface area (Å²) in [6.45, 7) is 1.92. The molecular formula is C18H18ClN3O. The first-order valence-corrected chi connectivity index (χ1v) is 7.57. The van der Waals surface area contributed by atoms with Gasteiger partial charge in [-0.25, -0.2) is 5.43 Å². The van der Waals surface area contributed by atoms with Crippen LogP contribution >= 0.6 is 11.6 Å². The predicted octanol–water partition coefficient (Wildman–Crippen LogP) is 3.96. The molecule has 2 rings (SSSR count). The average Bonchev–Trinajstić information content (AvgIpc) is 2.58. The summed E-state index contributed by atoms with van der Waals surface area (Å²) >= 11 is 6.00. The zero-order valence-electron chi connectivity index (χ0n) is 12.8. The molecule has 2 aromatic carbocycles. The summed E-state index contributed by atoms with van der Waals surface area (Å²) in [7, 11) is 0. The Morgan fingerprint density at radius 1 is 1.13 bits per heavy atom. The molecule has 0 aliphatic carbocycles. The lowest BCUT2D eigenvalue weighted by Crippen LogP contribution is -2.26. The van der Waals surface area contributed by atoms with E-state index in [1.807, 2.05) is 67.6 Å². The molecule has 0 saturated carbocycles. The Morgan fingerprint density at radius 2 is 1.83 bits per heavy atom. The Labute approximate surface area is 140 Å². The van der Waals surface area contributed by atoms with E-state index in [2.05, 4.69) is 15.8 Å². The van der Waals surface area contributed by atoms with Crippen LogP contribution in [0, 0.1) is 0 Å². The highest BCUT2D eigenvalue weighted by molar-refractivity contribution is 6.33. The third-order valence-electron chi connectivity index (χ3n) is 2.99. The summed E-state index contributed by atoms with van der Waals surface area (Å²) in [5.74, 6) is -0.239. The topological polar surface area (TPSA) is 53.5 Å². The number of para-hydroxylation sites is 1. The number of allylic oxidation sites excluding steroid dienone is 1. The van der Waals surface area contributed by atoms with Crippen LogP contribution in [0.1, 0.15) is 12.5 Å². The number of hydrazone groups is 1. The molecule has 0 aromatic heterocycles. The van der Waals surface area contributed by atoms with Gasteiger partial charge in [-0.2, -0.15) is 5.10 Å². The van der Waals surface area contributed by atoms with Crippen molar-refractivity contribution >= 4 is 35.0 Å². The highest BCUT2D eigenvalue weighted by Gasteiger charge is 2.02. The quantitative estimate of drug-likeness (QED) is 0.623. The molecule has 0 heterocycles. The van der Waals surface area contributed by atoms with E-state index in [-0.39, 0.29) is 12.5 Å². The fourth-order valence-corrected chi connectivity index (χ4v) is 1.99. The van der Waals surface area contributed by atoms with Crippen LogP contribution in [0.4, 0.5) is 5.69 Å². The van der Waals surface area contributed by atoms with Gasteiger partial charge in [0.05, 0.1) is 23.0 Å². The molecule has 4 nitrogen and oxygen atoms in total. The summed E-state index contributed by atoms with van der Waals surface area (Å²) in [5.41, 5.74) is 5.00. The molecule has 2 N–H and O–H groups in total. The molecule has 5 heteroatoms. The second-order valence-electron chi connectivity index (χ2n) is 4.87. The van der Waals surface area contributed by atoms with Gasteiger partial charge >= 0.3 is 0 Å². The molecule has 0 aliphatic rings. The smallest absolute Gasteiger partial charge is 0.259 e. The predicted molar refractivity (Wildman–Crippen MR) is 96.7 cm³/mol. The Kier molecular flexibility index (Phi) is 6.39. The van der Waals surface area contributed by atoms with Gasteiger partial charge in [0.1, 0.15) is 0 Å². The van der Waals surface area contributed by atoms with Crippen LogP contribution in [0.25, 0.3) is 6.08 Å². The molecule has 0 atom stereocenters. The zero-order valence-corrected chi connectivity index (χ0v) is 13.5. The van der Waals surface area contributed by atoms with Crippen LogP contribution < -0.4 is 10.7 Å². The fourth-order valence-electron chi connectivity index (χ4n) is 1.79. The second kappa shape index (κ2) is 8.76. The molecule has 0 spiro atoms. The second-order valence-corrected chi connectivity index (χ2v) is 5.27. The van der Waals surface area contributed by atoms with Crippen LogP contribution in [0.3, 0.4) is 0 Å². The zero-order chi connectivity index (χ0) is 16.5. The Bertz CT molecular complexity index is 711. The number of carbonyl (C=O) groups is 1. The van der Waals surface area contributed by atoms with Gasteiger partial charge in [0.15, 0.2) is 0 Å². The maximum atomic E-state index is 11.8. The minimum Gasteiger partial charge on any atom is -0.375 e. The van der Waals surface area contributed by atoms with E-state index in [9.17, 15) is 4.79 Å². The lowest BCUT2D eigenvalue weighted by atomic mass is 10.2. The van der Waals surface area contributed by atoms with E-state index < -0.39 is 0 Å². The molecule has 0 saturated heterocycles. The number of benzene rings is 2. The summed E-state index contributed by atoms with van der Waals surface area (Å²) in [5, 5.41) is 7.57. The highest BCUT2D eigenvalue weighted by Crippen LogP contribution is 2.19. The van der Waals surface area contributed by atoms with Gasteiger partial charge in [-0.15, -0.1) is 0 Å². The third-order valence-corrected chi connectivity index (χ3v) is 3.32. The summed E-state index contributed by atoms with van der Waals surface area (Å²) < 4.78 is 0. The van der Waals surface area contributed by atoms with E-state index >= 15 is 0 Å². The number of amides is 1. The molecule has 2 aromatic rings. The lowest BCUT2D eigenvalue weighted by molar-refractivity contribution is -0.119. The van der Waals surface area contributed by atoms with Crippen molar-refractivity contribution in [3.63, 3.8) is 0 Å². The van der Waals surface area contributed by atoms with Gasteiger partial charge < -0.3 is 5.32 Å². The SMILES string of the molecule is CC(C=Cc1ccccc1)=NNC(=O)CNc1ccccc1Cl. The Balaban J connectivity index is 1.81. The van der Waals surface area contributed by atoms with Crippen molar-refractivity contribution in [1.29, 1.82) is 0 Å². The largest absolute Gasteiger partial charge is 0.375 e. The van der Waals surface area contributed by atoms with Gasteiger partial charge in [-0.3, -0.25) is 4.79 Å². The number of halogens is 1. The first-order chi connectivity index (χ1) is 11.1. The van der Waals surface area contributed by atoms with Gasteiger partial charge in [-0.05, 0) is 30.7 Å². The van der Waals surface area contributed by atoms with Crippen molar-refractivity contribution in [2.24, 2.45) is 5.10 Å². The van der Waals surface area contributed by atoms with Gasteiger partial charge in [0.2, 0.25) is 0 Å². The summed E-state index contributed by atoms with van der Waals surface area (Å²) in [6.07, 6.45) is 3.78. The molecule has 0 unspecified atom stereocenters. The minimum atomic E-state index is -0.239. The molecular weight excluding hydrogens is 310 g/mol. The molecule has 0 aliphatic heterocycles. The number of carbonyl (C=O) groups excluding carboxylic acids is 1. The number of hydrogen-bond donors (Lipinski definition) is 2. The minimum absolute atomic E-state index is 0.100. The number of hydrogen-bond acceptors (Lipinski definition) is 3. The standard InChI is InChI=1S/C18H18ClN3O/c1-14(11-12-15-7-3-2-4-8-15)21-22-18(23)13-20-17-10-6-5-9-16(17)19/h2-12,20H,13H2,1H3,(H,22,23). The van der Waals surface area contributed by atoms with Crippen LogP contribution in [0.15, 0.2) is 65.8 Å². The van der Waals surface area contributed by atoms with E-state index in [1.165, 1.54) is 0 Å². The van der Waals surface area contributed by atoms with E-state index in [4.69, 9.17) is 11.6 Å². The molecule has 0 radical (unpaired) electrons. The normalized spacial score (nSPS) is 11.5. The molecule has 0 bridgehead atoms. The summed E-state index contributed by atoms with van der Waals surface area (Å²) in [4.78, 5) is 11.8. The van der Waals surface area contributed by atoms with Gasteiger partial charge in [0, 0.05) is 0 Å². The van der Waals surface area contributed by atoms with Crippen LogP contribution in [-0.4, -0.2) is 18.2 Å². The molecule has 1 amide bonds. The van der Waals surface area contributed by atoms with Crippen molar-refractivity contribution in [3.05, 3.63) is 71.3 Å². The van der Waals surface area contributed by atoms with E-state index in [0.29, 0.717) is 16.4 Å². The van der Waals surface area contributed by atoms with Crippen LogP contribution in [0.5, 0.6) is 0 Å². The Morgan fingerprint density at radius 3 is 2.57 bits per heavy atom. The van der Waals surface area contributed by atoms with E-state index in [0.717, 1.165) is 5.56 Å². The highest BCUT2D eigenvalue weighted by atomic mass is 35.5. The van der Waals surface area contributed by atoms with Crippen molar-refractivity contribution in [1.82, 2.24) is 5.43 Å². The first-order valence-electron chi connectivity index (χ1n) is 7.20. The van der Waals surface area contributed by atoms with E-state index in [1.54, 1.807) is 6.07 Å². The Hall–Kier alpha value is -2.59. The van der Waals surface area contributed by atoms with Gasteiger partial charge in [-0.1, -0.05) is 60.1 Å². The molecule has 0 fully saturated rings. The van der Waals surface area contributed by atoms with Crippen molar-refractivity contribution < 1.29 is 4.79 Å². The van der Waals surface area contributed by atoms with Crippen LogP contribution in [-0.2, 0) is 4.79 Å². The third kappa shape index (κ3) is 5.96. The maximum Gasteiger partial charge on any atom is 0.259 e. The number of nitrogens with zero attached hydrogens (tertiary/aromatic N) is 1. The number of nitrogens with one attached hydrogen (secondary N) is 2. The molecule has 23 heavy (non-hydrogen) atoms. The first kappa shape index (κ1) is 16.8. The van der Waals surface area contributed by atoms with Gasteiger partial charge in [0.25, 0.3) is 5.91 Å². The van der Waals surface area contributed by atoms with Crippen molar-refractivity contribution in [2.75, 3.05) is 11.9 Å². The maximum absolute atomic E-state index is 11.8. The molecule has 118 valence electrons. The monoisotopic (exact) mass is 327 g/mol. The average molecular weight is 328 g/mol. The van der Waals surface area contributed by atoms with Crippen molar-refractivity contribution in [2.45, 2.75) is 6.92 Å². The van der Waals surface area contributed by atoms with Crippen molar-refractivity contribution in [3.8, 4) is 0 Å². The lowest BCUT2D eigenvalue weighted by Gasteiger charge is -2.06. The number of rotatable bonds is 6. The fraction of sp³-hybridized carbons (Fsp3) is 0.111. The van der Waals surface area contributed by atoms with Crippen LogP contribution in [0.2, 0.25) is 5.02 Å². The summed E-state index contributed by atoms with van der Waals surface area (Å²) in [6, 6.07) is 17.1. The number of anilines is 1.